The standard InChI is InChI=1S/C12H16N2O5/c1-4-9(3)19-11(15)7-13-6-10(14(17)18)5-8(2)12(13)16/h5-6,9H,4,7H2,1-3H3. The summed E-state index contributed by atoms with van der Waals surface area (Å²) in [6, 6.07) is 1.18. The molecule has 19 heavy (non-hydrogen) atoms. The van der Waals surface area contributed by atoms with E-state index in [2.05, 4.69) is 0 Å². The fourth-order valence-electron chi connectivity index (χ4n) is 1.47. The Morgan fingerprint density at radius 2 is 2.21 bits per heavy atom. The average molecular weight is 268 g/mol. The van der Waals surface area contributed by atoms with Gasteiger partial charge in [0, 0.05) is 11.6 Å². The van der Waals surface area contributed by atoms with E-state index in [4.69, 9.17) is 4.74 Å². The van der Waals surface area contributed by atoms with Gasteiger partial charge in [-0.25, -0.2) is 0 Å². The molecule has 0 aliphatic heterocycles. The topological polar surface area (TPSA) is 91.4 Å². The van der Waals surface area contributed by atoms with Crippen molar-refractivity contribution in [3.8, 4) is 0 Å². The largest absolute Gasteiger partial charge is 0.461 e. The number of hydrogen-bond donors (Lipinski definition) is 0. The number of pyridine rings is 1. The van der Waals surface area contributed by atoms with Crippen molar-refractivity contribution in [3.63, 3.8) is 0 Å². The van der Waals surface area contributed by atoms with Gasteiger partial charge in [-0.3, -0.25) is 24.3 Å². The predicted molar refractivity (Wildman–Crippen MR) is 67.9 cm³/mol. The van der Waals surface area contributed by atoms with E-state index >= 15 is 0 Å². The molecule has 0 aliphatic rings. The van der Waals surface area contributed by atoms with Crippen LogP contribution in [0.2, 0.25) is 0 Å². The molecule has 104 valence electrons. The molecule has 0 amide bonds. The van der Waals surface area contributed by atoms with Crippen LogP contribution in [0.4, 0.5) is 5.69 Å². The lowest BCUT2D eigenvalue weighted by Crippen LogP contribution is -2.28. The molecule has 1 aromatic heterocycles. The number of hydrogen-bond acceptors (Lipinski definition) is 5. The number of carbonyl (C=O) groups excluding carboxylic acids is 1. The molecule has 1 rings (SSSR count). The van der Waals surface area contributed by atoms with Crippen molar-refractivity contribution >= 4 is 11.7 Å². The van der Waals surface area contributed by atoms with Crippen LogP contribution in [0.3, 0.4) is 0 Å². The molecular formula is C12H16N2O5. The lowest BCUT2D eigenvalue weighted by atomic mass is 10.3. The summed E-state index contributed by atoms with van der Waals surface area (Å²) < 4.78 is 6.03. The molecule has 0 radical (unpaired) electrons. The molecule has 0 aromatic carbocycles. The van der Waals surface area contributed by atoms with E-state index in [1.165, 1.54) is 13.0 Å². The summed E-state index contributed by atoms with van der Waals surface area (Å²) >= 11 is 0. The molecule has 1 heterocycles. The van der Waals surface area contributed by atoms with Crippen LogP contribution in [0.15, 0.2) is 17.1 Å². The second kappa shape index (κ2) is 6.12. The molecule has 0 spiro atoms. The SMILES string of the molecule is CCC(C)OC(=O)Cn1cc([N+](=O)[O-])cc(C)c1=O. The summed E-state index contributed by atoms with van der Waals surface area (Å²) in [5, 5.41) is 10.7. The monoisotopic (exact) mass is 268 g/mol. The number of rotatable bonds is 5. The second-order valence-electron chi connectivity index (χ2n) is 4.28. The van der Waals surface area contributed by atoms with Gasteiger partial charge in [0.1, 0.15) is 6.54 Å². The molecule has 7 heteroatoms. The Morgan fingerprint density at radius 1 is 1.58 bits per heavy atom. The van der Waals surface area contributed by atoms with Crippen LogP contribution < -0.4 is 5.56 Å². The van der Waals surface area contributed by atoms with Gasteiger partial charge >= 0.3 is 5.97 Å². The van der Waals surface area contributed by atoms with Gasteiger partial charge in [0.15, 0.2) is 0 Å². The number of esters is 1. The fraction of sp³-hybridized carbons (Fsp3) is 0.500. The van der Waals surface area contributed by atoms with Crippen LogP contribution in [0.1, 0.15) is 25.8 Å². The smallest absolute Gasteiger partial charge is 0.326 e. The lowest BCUT2D eigenvalue weighted by Gasteiger charge is -2.11. The first-order valence-corrected chi connectivity index (χ1v) is 5.90. The zero-order valence-corrected chi connectivity index (χ0v) is 11.1. The Balaban J connectivity index is 2.97. The van der Waals surface area contributed by atoms with E-state index in [0.29, 0.717) is 6.42 Å². The minimum atomic E-state index is -0.608. The first-order valence-electron chi connectivity index (χ1n) is 5.90. The number of ether oxygens (including phenoxy) is 1. The maximum atomic E-state index is 11.8. The van der Waals surface area contributed by atoms with Gasteiger partial charge in [-0.05, 0) is 20.3 Å². The van der Waals surface area contributed by atoms with Gasteiger partial charge in [0.2, 0.25) is 0 Å². The van der Waals surface area contributed by atoms with E-state index < -0.39 is 16.5 Å². The third-order valence-electron chi connectivity index (χ3n) is 2.67. The molecule has 0 aliphatic carbocycles. The zero-order chi connectivity index (χ0) is 14.6. The highest BCUT2D eigenvalue weighted by Crippen LogP contribution is 2.09. The second-order valence-corrected chi connectivity index (χ2v) is 4.28. The summed E-state index contributed by atoms with van der Waals surface area (Å²) in [5.41, 5.74) is -0.453. The van der Waals surface area contributed by atoms with Crippen molar-refractivity contribution in [1.29, 1.82) is 0 Å². The van der Waals surface area contributed by atoms with Gasteiger partial charge in [0.05, 0.1) is 17.2 Å². The van der Waals surface area contributed by atoms with Crippen LogP contribution >= 0.6 is 0 Å². The van der Waals surface area contributed by atoms with Crippen molar-refractivity contribution < 1.29 is 14.5 Å². The number of nitrogens with zero attached hydrogens (tertiary/aromatic N) is 2. The summed E-state index contributed by atoms with van der Waals surface area (Å²) in [4.78, 5) is 33.4. The van der Waals surface area contributed by atoms with Crippen LogP contribution in [0, 0.1) is 17.0 Å². The average Bonchev–Trinajstić information content (AvgIpc) is 2.34. The molecular weight excluding hydrogens is 252 g/mol. The molecule has 0 saturated heterocycles. The zero-order valence-electron chi connectivity index (χ0n) is 11.1. The summed E-state index contributed by atoms with van der Waals surface area (Å²) in [5.74, 6) is -0.587. The highest BCUT2D eigenvalue weighted by atomic mass is 16.6. The third kappa shape index (κ3) is 3.90. The van der Waals surface area contributed by atoms with Crippen molar-refractivity contribution in [2.24, 2.45) is 0 Å². The van der Waals surface area contributed by atoms with Gasteiger partial charge in [-0.1, -0.05) is 6.92 Å². The Labute approximate surface area is 110 Å². The van der Waals surface area contributed by atoms with Crippen molar-refractivity contribution in [3.05, 3.63) is 38.3 Å². The normalized spacial score (nSPS) is 11.9. The van der Waals surface area contributed by atoms with Crippen LogP contribution in [-0.4, -0.2) is 21.6 Å². The van der Waals surface area contributed by atoms with E-state index in [0.717, 1.165) is 10.8 Å². The van der Waals surface area contributed by atoms with Crippen LogP contribution in [0.5, 0.6) is 0 Å². The molecule has 7 nitrogen and oxygen atoms in total. The summed E-state index contributed by atoms with van der Waals surface area (Å²) in [7, 11) is 0. The van der Waals surface area contributed by atoms with Crippen LogP contribution in [0.25, 0.3) is 0 Å². The Morgan fingerprint density at radius 3 is 2.74 bits per heavy atom. The Kier molecular flexibility index (Phi) is 4.80. The predicted octanol–water partition coefficient (Wildman–Crippen LogP) is 1.41. The lowest BCUT2D eigenvalue weighted by molar-refractivity contribution is -0.385. The number of aryl methyl sites for hydroxylation is 1. The first kappa shape index (κ1) is 14.9. The third-order valence-corrected chi connectivity index (χ3v) is 2.67. The maximum Gasteiger partial charge on any atom is 0.326 e. The number of carbonyl (C=O) groups is 1. The molecule has 1 unspecified atom stereocenters. The Hall–Kier alpha value is -2.18. The van der Waals surface area contributed by atoms with E-state index in [1.807, 2.05) is 6.92 Å². The summed E-state index contributed by atoms with van der Waals surface area (Å²) in [6.07, 6.45) is 1.46. The number of nitro groups is 1. The van der Waals surface area contributed by atoms with E-state index in [1.54, 1.807) is 6.92 Å². The van der Waals surface area contributed by atoms with Crippen molar-refractivity contribution in [2.45, 2.75) is 39.8 Å². The van der Waals surface area contributed by atoms with Gasteiger partial charge in [0.25, 0.3) is 11.2 Å². The highest BCUT2D eigenvalue weighted by Gasteiger charge is 2.15. The molecule has 0 saturated carbocycles. The van der Waals surface area contributed by atoms with Crippen LogP contribution in [-0.2, 0) is 16.1 Å². The molecule has 0 bridgehead atoms. The fourth-order valence-corrected chi connectivity index (χ4v) is 1.47. The van der Waals surface area contributed by atoms with Gasteiger partial charge < -0.3 is 4.74 Å². The Bertz CT molecular complexity index is 550. The van der Waals surface area contributed by atoms with E-state index in [-0.39, 0.29) is 23.9 Å². The molecule has 1 atom stereocenters. The van der Waals surface area contributed by atoms with Gasteiger partial charge in [-0.15, -0.1) is 0 Å². The molecule has 0 fully saturated rings. The maximum absolute atomic E-state index is 11.8. The molecule has 0 N–H and O–H groups in total. The highest BCUT2D eigenvalue weighted by molar-refractivity contribution is 5.69. The summed E-state index contributed by atoms with van der Waals surface area (Å²) in [6.45, 7) is 4.73. The van der Waals surface area contributed by atoms with Gasteiger partial charge in [-0.2, -0.15) is 0 Å². The van der Waals surface area contributed by atoms with Crippen molar-refractivity contribution in [1.82, 2.24) is 4.57 Å². The minimum Gasteiger partial charge on any atom is -0.461 e. The minimum absolute atomic E-state index is 0.213. The first-order chi connectivity index (χ1) is 8.85. The number of aromatic nitrogens is 1. The quantitative estimate of drug-likeness (QED) is 0.457. The molecule has 1 aromatic rings. The van der Waals surface area contributed by atoms with Crippen molar-refractivity contribution in [2.75, 3.05) is 0 Å². The van der Waals surface area contributed by atoms with E-state index in [9.17, 15) is 19.7 Å².